The van der Waals surface area contributed by atoms with Gasteiger partial charge in [0.25, 0.3) is 0 Å². The zero-order valence-corrected chi connectivity index (χ0v) is 10.8. The molecule has 0 aromatic heterocycles. The van der Waals surface area contributed by atoms with Crippen LogP contribution in [0.25, 0.3) is 0 Å². The maximum absolute atomic E-state index is 5.92. The number of rotatable bonds is 1. The second-order valence-electron chi connectivity index (χ2n) is 3.39. The van der Waals surface area contributed by atoms with Crippen molar-refractivity contribution in [3.63, 3.8) is 0 Å². The SMILES string of the molecule is Cc1cc(Cl)ccc1N1C=C(Br)NN1C. The Hall–Kier alpha value is -0.710. The van der Waals surface area contributed by atoms with Crippen molar-refractivity contribution in [1.82, 2.24) is 10.5 Å². The van der Waals surface area contributed by atoms with Gasteiger partial charge in [0.05, 0.1) is 11.9 Å². The number of anilines is 1. The molecule has 0 amide bonds. The number of nitrogens with one attached hydrogen (secondary N) is 1. The van der Waals surface area contributed by atoms with E-state index >= 15 is 0 Å². The number of aryl methyl sites for hydroxylation is 1. The lowest BCUT2D eigenvalue weighted by molar-refractivity contribution is 0.300. The zero-order chi connectivity index (χ0) is 11.0. The minimum Gasteiger partial charge on any atom is -0.293 e. The van der Waals surface area contributed by atoms with E-state index in [4.69, 9.17) is 11.6 Å². The summed E-state index contributed by atoms with van der Waals surface area (Å²) in [4.78, 5) is 0. The summed E-state index contributed by atoms with van der Waals surface area (Å²) in [5.41, 5.74) is 5.35. The first-order valence-corrected chi connectivity index (χ1v) is 5.68. The molecular formula is C10H11BrClN3. The average molecular weight is 289 g/mol. The van der Waals surface area contributed by atoms with Gasteiger partial charge in [-0.3, -0.25) is 10.4 Å². The number of hydrogen-bond acceptors (Lipinski definition) is 3. The van der Waals surface area contributed by atoms with Crippen LogP contribution in [-0.2, 0) is 0 Å². The highest BCUT2D eigenvalue weighted by Crippen LogP contribution is 2.27. The van der Waals surface area contributed by atoms with Gasteiger partial charge in [-0.2, -0.15) is 0 Å². The van der Waals surface area contributed by atoms with E-state index in [1.54, 1.807) is 0 Å². The van der Waals surface area contributed by atoms with Crippen LogP contribution in [0.1, 0.15) is 5.56 Å². The average Bonchev–Trinajstić information content (AvgIpc) is 2.45. The summed E-state index contributed by atoms with van der Waals surface area (Å²) in [5.74, 6) is 0. The highest BCUT2D eigenvalue weighted by molar-refractivity contribution is 9.11. The minimum absolute atomic E-state index is 0.758. The molecule has 0 saturated heterocycles. The van der Waals surface area contributed by atoms with Crippen molar-refractivity contribution in [2.75, 3.05) is 12.1 Å². The normalized spacial score (nSPS) is 16.5. The molecule has 1 aliphatic rings. The van der Waals surface area contributed by atoms with Gasteiger partial charge in [0.2, 0.25) is 0 Å². The molecule has 1 heterocycles. The lowest BCUT2D eigenvalue weighted by Gasteiger charge is -2.25. The lowest BCUT2D eigenvalue weighted by atomic mass is 10.2. The van der Waals surface area contributed by atoms with Gasteiger partial charge in [-0.25, -0.2) is 0 Å². The fraction of sp³-hybridized carbons (Fsp3) is 0.200. The number of nitrogens with zero attached hydrogens (tertiary/aromatic N) is 2. The maximum Gasteiger partial charge on any atom is 0.112 e. The van der Waals surface area contributed by atoms with Crippen LogP contribution < -0.4 is 10.4 Å². The van der Waals surface area contributed by atoms with E-state index < -0.39 is 0 Å². The minimum atomic E-state index is 0.758. The number of hydrogen-bond donors (Lipinski definition) is 1. The number of halogens is 2. The van der Waals surface area contributed by atoms with Gasteiger partial charge in [0.15, 0.2) is 0 Å². The maximum atomic E-state index is 5.92. The first-order chi connectivity index (χ1) is 7.08. The molecule has 1 aliphatic heterocycles. The van der Waals surface area contributed by atoms with E-state index in [1.807, 2.05) is 48.5 Å². The van der Waals surface area contributed by atoms with E-state index in [2.05, 4.69) is 21.4 Å². The van der Waals surface area contributed by atoms with Crippen molar-refractivity contribution in [3.8, 4) is 0 Å². The molecule has 0 bridgehead atoms. The number of hydrazine groups is 2. The molecule has 1 N–H and O–H groups in total. The Balaban J connectivity index is 2.38. The summed E-state index contributed by atoms with van der Waals surface area (Å²) in [6, 6.07) is 5.83. The Morgan fingerprint density at radius 2 is 2.13 bits per heavy atom. The summed E-state index contributed by atoms with van der Waals surface area (Å²) in [5, 5.41) is 4.66. The standard InChI is InChI=1S/C10H11BrClN3/c1-7-5-8(12)3-4-9(7)15-6-10(11)13-14(15)2/h3-6,13H,1-2H3. The molecule has 5 heteroatoms. The summed E-state index contributed by atoms with van der Waals surface area (Å²) < 4.78 is 0.930. The molecule has 0 atom stereocenters. The molecule has 0 aliphatic carbocycles. The molecule has 15 heavy (non-hydrogen) atoms. The fourth-order valence-electron chi connectivity index (χ4n) is 1.54. The van der Waals surface area contributed by atoms with Crippen molar-refractivity contribution in [3.05, 3.63) is 39.6 Å². The summed E-state index contributed by atoms with van der Waals surface area (Å²) >= 11 is 9.31. The van der Waals surface area contributed by atoms with E-state index in [9.17, 15) is 0 Å². The predicted octanol–water partition coefficient (Wildman–Crippen LogP) is 3.01. The number of benzene rings is 1. The van der Waals surface area contributed by atoms with Crippen LogP contribution in [0.4, 0.5) is 5.69 Å². The van der Waals surface area contributed by atoms with Crippen molar-refractivity contribution in [1.29, 1.82) is 0 Å². The van der Waals surface area contributed by atoms with Gasteiger partial charge in [0, 0.05) is 12.1 Å². The molecule has 0 saturated carbocycles. The highest BCUT2D eigenvalue weighted by atomic mass is 79.9. The molecule has 2 rings (SSSR count). The molecule has 1 aromatic rings. The molecule has 3 nitrogen and oxygen atoms in total. The van der Waals surface area contributed by atoms with Crippen LogP contribution in [-0.4, -0.2) is 12.2 Å². The Morgan fingerprint density at radius 1 is 1.40 bits per heavy atom. The van der Waals surface area contributed by atoms with Crippen molar-refractivity contribution >= 4 is 33.2 Å². The van der Waals surface area contributed by atoms with Crippen molar-refractivity contribution in [2.24, 2.45) is 0 Å². The second kappa shape index (κ2) is 4.04. The molecule has 0 radical (unpaired) electrons. The van der Waals surface area contributed by atoms with Crippen LogP contribution in [0.3, 0.4) is 0 Å². The van der Waals surface area contributed by atoms with Gasteiger partial charge >= 0.3 is 0 Å². The third-order valence-corrected chi connectivity index (χ3v) is 2.85. The van der Waals surface area contributed by atoms with Crippen LogP contribution in [0.15, 0.2) is 29.0 Å². The third kappa shape index (κ3) is 2.12. The predicted molar refractivity (Wildman–Crippen MR) is 66.6 cm³/mol. The Bertz CT molecular complexity index is 419. The summed E-state index contributed by atoms with van der Waals surface area (Å²) in [7, 11) is 1.94. The largest absolute Gasteiger partial charge is 0.293 e. The molecule has 0 fully saturated rings. The van der Waals surface area contributed by atoms with Crippen molar-refractivity contribution < 1.29 is 0 Å². The Morgan fingerprint density at radius 3 is 2.67 bits per heavy atom. The smallest absolute Gasteiger partial charge is 0.112 e. The molecule has 80 valence electrons. The van der Waals surface area contributed by atoms with Gasteiger partial charge < -0.3 is 0 Å². The molecule has 1 aromatic carbocycles. The molecular weight excluding hydrogens is 277 g/mol. The van der Waals surface area contributed by atoms with Gasteiger partial charge in [-0.1, -0.05) is 11.6 Å². The van der Waals surface area contributed by atoms with Gasteiger partial charge in [0.1, 0.15) is 4.61 Å². The van der Waals surface area contributed by atoms with E-state index in [1.165, 1.54) is 0 Å². The lowest BCUT2D eigenvalue weighted by Crippen LogP contribution is -2.38. The second-order valence-corrected chi connectivity index (χ2v) is 4.68. The van der Waals surface area contributed by atoms with Crippen molar-refractivity contribution in [2.45, 2.75) is 6.92 Å². The molecule has 0 unspecified atom stereocenters. The van der Waals surface area contributed by atoms with Crippen LogP contribution in [0.2, 0.25) is 5.02 Å². The van der Waals surface area contributed by atoms with Crippen LogP contribution >= 0.6 is 27.5 Å². The van der Waals surface area contributed by atoms with Gasteiger partial charge in [-0.15, -0.1) is 5.12 Å². The summed E-state index contributed by atoms with van der Waals surface area (Å²) in [6.07, 6.45) is 1.97. The monoisotopic (exact) mass is 287 g/mol. The first kappa shape index (κ1) is 10.8. The van der Waals surface area contributed by atoms with Gasteiger partial charge in [-0.05, 0) is 46.6 Å². The van der Waals surface area contributed by atoms with E-state index in [0.29, 0.717) is 0 Å². The van der Waals surface area contributed by atoms with E-state index in [0.717, 1.165) is 20.9 Å². The summed E-state index contributed by atoms with van der Waals surface area (Å²) in [6.45, 7) is 2.04. The first-order valence-electron chi connectivity index (χ1n) is 4.51. The van der Waals surface area contributed by atoms with E-state index in [-0.39, 0.29) is 0 Å². The molecule has 0 spiro atoms. The Labute approximate surface area is 102 Å². The topological polar surface area (TPSA) is 18.5 Å². The third-order valence-electron chi connectivity index (χ3n) is 2.23. The zero-order valence-electron chi connectivity index (χ0n) is 8.46. The Kier molecular flexibility index (Phi) is 2.91. The van der Waals surface area contributed by atoms with Crippen LogP contribution in [0.5, 0.6) is 0 Å². The fourth-order valence-corrected chi connectivity index (χ4v) is 2.22. The quantitative estimate of drug-likeness (QED) is 0.802. The van der Waals surface area contributed by atoms with Crippen LogP contribution in [0, 0.1) is 6.92 Å². The highest BCUT2D eigenvalue weighted by Gasteiger charge is 2.18.